The number of likely N-dealkylation sites (tertiary alicyclic amines) is 1. The minimum atomic E-state index is 0.0691. The number of carbonyl (C=O) groups is 1. The van der Waals surface area contributed by atoms with Crippen molar-refractivity contribution in [1.29, 1.82) is 0 Å². The Morgan fingerprint density at radius 3 is 2.62 bits per heavy atom. The minimum absolute atomic E-state index is 0.0691. The molecule has 0 saturated carbocycles. The number of carbonyl (C=O) groups excluding carboxylic acids is 1. The van der Waals surface area contributed by atoms with Gasteiger partial charge in [0.2, 0.25) is 5.91 Å². The monoisotopic (exact) mass is 433 g/mol. The molecular formula is C26H35N5O. The first-order chi connectivity index (χ1) is 15.7. The molecule has 0 spiro atoms. The van der Waals surface area contributed by atoms with Gasteiger partial charge in [-0.2, -0.15) is 0 Å². The van der Waals surface area contributed by atoms with Crippen LogP contribution >= 0.6 is 0 Å². The van der Waals surface area contributed by atoms with Crippen molar-refractivity contribution < 1.29 is 4.79 Å². The van der Waals surface area contributed by atoms with E-state index in [-0.39, 0.29) is 11.8 Å². The zero-order valence-electron chi connectivity index (χ0n) is 19.1. The number of hydrogen-bond donors (Lipinski definition) is 3. The van der Waals surface area contributed by atoms with Crippen LogP contribution in [0.5, 0.6) is 0 Å². The van der Waals surface area contributed by atoms with Crippen LogP contribution in [0.3, 0.4) is 0 Å². The van der Waals surface area contributed by atoms with Crippen molar-refractivity contribution in [2.45, 2.75) is 51.1 Å². The first-order valence-electron chi connectivity index (χ1n) is 11.8. The molecule has 1 atom stereocenters. The van der Waals surface area contributed by atoms with E-state index >= 15 is 0 Å². The van der Waals surface area contributed by atoms with Crippen molar-refractivity contribution in [3.8, 4) is 0 Å². The Balaban J connectivity index is 1.30. The Labute approximate surface area is 191 Å². The Hall–Kier alpha value is -2.86. The molecule has 1 unspecified atom stereocenters. The maximum Gasteiger partial charge on any atom is 0.225 e. The molecule has 4 rings (SSSR count). The van der Waals surface area contributed by atoms with Crippen molar-refractivity contribution in [3.05, 3.63) is 65.2 Å². The van der Waals surface area contributed by atoms with E-state index in [9.17, 15) is 4.79 Å². The summed E-state index contributed by atoms with van der Waals surface area (Å²) in [5.41, 5.74) is 4.72. The van der Waals surface area contributed by atoms with Crippen LogP contribution in [-0.2, 0) is 17.9 Å². The van der Waals surface area contributed by atoms with Gasteiger partial charge in [0, 0.05) is 44.7 Å². The minimum Gasteiger partial charge on any atom is -0.356 e. The fourth-order valence-corrected chi connectivity index (χ4v) is 4.70. The van der Waals surface area contributed by atoms with Crippen LogP contribution in [-0.4, -0.2) is 43.4 Å². The summed E-state index contributed by atoms with van der Waals surface area (Å²) < 4.78 is 0. The fraction of sp³-hybridized carbons (Fsp3) is 0.462. The normalized spacial score (nSPS) is 19.6. The number of benzene rings is 2. The van der Waals surface area contributed by atoms with E-state index in [1.807, 2.05) is 18.2 Å². The van der Waals surface area contributed by atoms with Crippen LogP contribution in [0, 0.1) is 0 Å². The molecule has 3 N–H and O–H groups in total. The molecule has 32 heavy (non-hydrogen) atoms. The second-order valence-electron chi connectivity index (χ2n) is 8.85. The van der Waals surface area contributed by atoms with E-state index in [2.05, 4.69) is 56.2 Å². The second kappa shape index (κ2) is 11.1. The SMILES string of the molecule is CN=C(NCc1cccc(CN2CCCCCC2)c1)NCC1CC(=O)Nc2ccccc21. The van der Waals surface area contributed by atoms with Crippen molar-refractivity contribution >= 4 is 17.6 Å². The molecule has 170 valence electrons. The Kier molecular flexibility index (Phi) is 7.77. The van der Waals surface area contributed by atoms with Crippen molar-refractivity contribution in [3.63, 3.8) is 0 Å². The number of guanidine groups is 1. The highest BCUT2D eigenvalue weighted by Gasteiger charge is 2.24. The summed E-state index contributed by atoms with van der Waals surface area (Å²) in [6.07, 6.45) is 5.85. The van der Waals surface area contributed by atoms with Gasteiger partial charge in [0.1, 0.15) is 0 Å². The quantitative estimate of drug-likeness (QED) is 0.478. The highest BCUT2D eigenvalue weighted by atomic mass is 16.1. The van der Waals surface area contributed by atoms with Gasteiger partial charge in [-0.25, -0.2) is 0 Å². The second-order valence-corrected chi connectivity index (χ2v) is 8.85. The summed E-state index contributed by atoms with van der Waals surface area (Å²) >= 11 is 0. The summed E-state index contributed by atoms with van der Waals surface area (Å²) in [5, 5.41) is 9.79. The van der Waals surface area contributed by atoms with Crippen molar-refractivity contribution in [1.82, 2.24) is 15.5 Å². The molecule has 2 aromatic rings. The lowest BCUT2D eigenvalue weighted by molar-refractivity contribution is -0.116. The van der Waals surface area contributed by atoms with E-state index < -0.39 is 0 Å². The predicted octanol–water partition coefficient (Wildman–Crippen LogP) is 3.85. The van der Waals surface area contributed by atoms with Gasteiger partial charge in [0.15, 0.2) is 5.96 Å². The molecule has 6 heteroatoms. The average Bonchev–Trinajstić information content (AvgIpc) is 3.08. The van der Waals surface area contributed by atoms with Crippen LogP contribution < -0.4 is 16.0 Å². The molecule has 2 aromatic carbocycles. The average molecular weight is 434 g/mol. The first-order valence-corrected chi connectivity index (χ1v) is 11.8. The molecule has 2 aliphatic heterocycles. The van der Waals surface area contributed by atoms with Crippen LogP contribution in [0.2, 0.25) is 0 Å². The Morgan fingerprint density at radius 2 is 1.81 bits per heavy atom. The molecule has 1 amide bonds. The molecule has 2 heterocycles. The van der Waals surface area contributed by atoms with Crippen LogP contribution in [0.1, 0.15) is 54.7 Å². The predicted molar refractivity (Wildman–Crippen MR) is 131 cm³/mol. The van der Waals surface area contributed by atoms with Gasteiger partial charge in [0.25, 0.3) is 0 Å². The molecule has 0 aromatic heterocycles. The summed E-state index contributed by atoms with van der Waals surface area (Å²) in [6.45, 7) is 4.83. The molecular weight excluding hydrogens is 398 g/mol. The van der Waals surface area contributed by atoms with Gasteiger partial charge in [0.05, 0.1) is 0 Å². The van der Waals surface area contributed by atoms with Gasteiger partial charge >= 0.3 is 0 Å². The number of para-hydroxylation sites is 1. The van der Waals surface area contributed by atoms with Gasteiger partial charge < -0.3 is 16.0 Å². The number of nitrogens with one attached hydrogen (secondary N) is 3. The van der Waals surface area contributed by atoms with E-state index in [4.69, 9.17) is 0 Å². The van der Waals surface area contributed by atoms with E-state index in [1.54, 1.807) is 7.05 Å². The largest absolute Gasteiger partial charge is 0.356 e. The van der Waals surface area contributed by atoms with E-state index in [0.29, 0.717) is 13.0 Å². The standard InChI is InChI=1S/C26H35N5O/c1-27-26(29-18-22-16-25(32)30-24-12-5-4-11-23(22)24)28-17-20-9-8-10-21(15-20)19-31-13-6-2-3-7-14-31/h4-5,8-12,15,22H,2-3,6-7,13-14,16-19H2,1H3,(H,30,32)(H2,27,28,29). The number of hydrogen-bond acceptors (Lipinski definition) is 3. The zero-order valence-corrected chi connectivity index (χ0v) is 19.1. The summed E-state index contributed by atoms with van der Waals surface area (Å²) in [6, 6.07) is 16.9. The highest BCUT2D eigenvalue weighted by molar-refractivity contribution is 5.94. The van der Waals surface area contributed by atoms with Gasteiger partial charge in [-0.05, 0) is 48.7 Å². The van der Waals surface area contributed by atoms with Crippen LogP contribution in [0.25, 0.3) is 0 Å². The Morgan fingerprint density at radius 1 is 1.03 bits per heavy atom. The topological polar surface area (TPSA) is 68.8 Å². The molecule has 1 saturated heterocycles. The number of anilines is 1. The summed E-state index contributed by atoms with van der Waals surface area (Å²) in [4.78, 5) is 19.0. The number of aliphatic imine (C=N–C) groups is 1. The smallest absolute Gasteiger partial charge is 0.225 e. The number of amides is 1. The molecule has 6 nitrogen and oxygen atoms in total. The maximum atomic E-state index is 12.1. The maximum absolute atomic E-state index is 12.1. The lowest BCUT2D eigenvalue weighted by Crippen LogP contribution is -2.40. The molecule has 1 fully saturated rings. The van der Waals surface area contributed by atoms with Crippen molar-refractivity contribution in [2.75, 3.05) is 32.0 Å². The lowest BCUT2D eigenvalue weighted by Gasteiger charge is -2.26. The highest BCUT2D eigenvalue weighted by Crippen LogP contribution is 2.31. The molecule has 0 bridgehead atoms. The van der Waals surface area contributed by atoms with Crippen LogP contribution in [0.4, 0.5) is 5.69 Å². The zero-order chi connectivity index (χ0) is 22.2. The first kappa shape index (κ1) is 22.3. The van der Waals surface area contributed by atoms with E-state index in [1.165, 1.54) is 55.5 Å². The third kappa shape index (κ3) is 6.10. The lowest BCUT2D eigenvalue weighted by atomic mass is 9.90. The third-order valence-corrected chi connectivity index (χ3v) is 6.40. The molecule has 2 aliphatic rings. The van der Waals surface area contributed by atoms with Gasteiger partial charge in [-0.3, -0.25) is 14.7 Å². The summed E-state index contributed by atoms with van der Waals surface area (Å²) in [5.74, 6) is 0.960. The van der Waals surface area contributed by atoms with Gasteiger partial charge in [-0.1, -0.05) is 55.3 Å². The number of rotatable bonds is 6. The van der Waals surface area contributed by atoms with Crippen LogP contribution in [0.15, 0.2) is 53.5 Å². The third-order valence-electron chi connectivity index (χ3n) is 6.40. The van der Waals surface area contributed by atoms with Crippen molar-refractivity contribution in [2.24, 2.45) is 4.99 Å². The number of nitrogens with zero attached hydrogens (tertiary/aromatic N) is 2. The Bertz CT molecular complexity index is 933. The summed E-state index contributed by atoms with van der Waals surface area (Å²) in [7, 11) is 1.78. The fourth-order valence-electron chi connectivity index (χ4n) is 4.70. The van der Waals surface area contributed by atoms with E-state index in [0.717, 1.165) is 24.7 Å². The molecule has 0 radical (unpaired) electrons. The molecule has 0 aliphatic carbocycles. The number of fused-ring (bicyclic) bond motifs is 1. The van der Waals surface area contributed by atoms with Gasteiger partial charge in [-0.15, -0.1) is 0 Å².